The summed E-state index contributed by atoms with van der Waals surface area (Å²) >= 11 is 9.27. The van der Waals surface area contributed by atoms with E-state index in [0.29, 0.717) is 27.2 Å². The van der Waals surface area contributed by atoms with Crippen molar-refractivity contribution in [1.29, 1.82) is 0 Å². The first-order valence-electron chi connectivity index (χ1n) is 9.18. The summed E-state index contributed by atoms with van der Waals surface area (Å²) < 4.78 is 0.582. The Kier molecular flexibility index (Phi) is 6.42. The van der Waals surface area contributed by atoms with Crippen molar-refractivity contribution in [2.75, 3.05) is 18.1 Å². The number of thioether (sulfide) groups is 1. The van der Waals surface area contributed by atoms with Crippen LogP contribution in [0.2, 0.25) is 4.34 Å². The van der Waals surface area contributed by atoms with E-state index in [1.165, 1.54) is 11.3 Å². The highest BCUT2D eigenvalue weighted by Gasteiger charge is 2.54. The molecule has 1 saturated heterocycles. The molecule has 0 radical (unpaired) electrons. The number of hydrogen-bond acceptors (Lipinski definition) is 13. The summed E-state index contributed by atoms with van der Waals surface area (Å²) in [5, 5.41) is 35.9. The molecule has 33 heavy (non-hydrogen) atoms. The minimum Gasteiger partial charge on any atom is -0.477 e. The van der Waals surface area contributed by atoms with Gasteiger partial charge in [-0.1, -0.05) is 51.2 Å². The second kappa shape index (κ2) is 9.12. The minimum absolute atomic E-state index is 0.0468. The first-order valence-corrected chi connectivity index (χ1v) is 12.0. The second-order valence-electron chi connectivity index (χ2n) is 6.69. The molecule has 2 unspecified atom stereocenters. The SMILES string of the molecule is CNc1nnc(SC2=C(C(=O)O)N3C(=O)C(NC(=O)/C(=N\O)c4nc(N)sc4Cl)C3CC2)s1. The third-order valence-corrected chi connectivity index (χ3v) is 8.07. The number of thiazole rings is 1. The quantitative estimate of drug-likeness (QED) is 0.148. The highest BCUT2D eigenvalue weighted by atomic mass is 35.5. The number of carboxylic acid groups (broad SMARTS) is 1. The summed E-state index contributed by atoms with van der Waals surface area (Å²) in [6.07, 6.45) is 0.764. The normalized spacial score (nSPS) is 20.4. The van der Waals surface area contributed by atoms with Gasteiger partial charge in [-0.15, -0.1) is 10.2 Å². The molecule has 2 amide bonds. The van der Waals surface area contributed by atoms with Crippen LogP contribution in [-0.4, -0.2) is 73.0 Å². The third kappa shape index (κ3) is 4.21. The number of nitrogens with one attached hydrogen (secondary N) is 2. The molecule has 2 aromatic heterocycles. The lowest BCUT2D eigenvalue weighted by atomic mass is 9.86. The zero-order valence-corrected chi connectivity index (χ0v) is 19.8. The van der Waals surface area contributed by atoms with Gasteiger partial charge in [-0.05, 0) is 12.8 Å². The maximum atomic E-state index is 12.8. The van der Waals surface area contributed by atoms with Crippen molar-refractivity contribution in [3.05, 3.63) is 20.6 Å². The number of amides is 2. The van der Waals surface area contributed by atoms with Gasteiger partial charge in [0.15, 0.2) is 15.2 Å². The number of fused-ring (bicyclic) bond motifs is 1. The van der Waals surface area contributed by atoms with Crippen LogP contribution in [0, 0.1) is 0 Å². The Morgan fingerprint density at radius 3 is 2.70 bits per heavy atom. The maximum absolute atomic E-state index is 12.8. The Morgan fingerprint density at radius 1 is 1.36 bits per heavy atom. The van der Waals surface area contributed by atoms with Gasteiger partial charge in [0.25, 0.3) is 11.8 Å². The predicted molar refractivity (Wildman–Crippen MR) is 122 cm³/mol. The van der Waals surface area contributed by atoms with E-state index in [9.17, 15) is 24.7 Å². The number of anilines is 2. The van der Waals surface area contributed by atoms with E-state index in [1.54, 1.807) is 7.05 Å². The number of nitrogens with two attached hydrogens (primary N) is 1. The fourth-order valence-corrected chi connectivity index (χ4v) is 6.32. The van der Waals surface area contributed by atoms with Crippen LogP contribution >= 0.6 is 46.0 Å². The van der Waals surface area contributed by atoms with Gasteiger partial charge in [-0.3, -0.25) is 14.5 Å². The largest absolute Gasteiger partial charge is 0.477 e. The average molecular weight is 531 g/mol. The molecule has 0 saturated carbocycles. The Bertz CT molecular complexity index is 1210. The van der Waals surface area contributed by atoms with Crippen molar-refractivity contribution in [1.82, 2.24) is 25.4 Å². The molecule has 6 N–H and O–H groups in total. The van der Waals surface area contributed by atoms with Crippen LogP contribution in [0.3, 0.4) is 0 Å². The van der Waals surface area contributed by atoms with Crippen LogP contribution in [0.5, 0.6) is 0 Å². The number of halogens is 1. The Hall–Kier alpha value is -2.95. The first kappa shape index (κ1) is 23.2. The lowest BCUT2D eigenvalue weighted by molar-refractivity contribution is -0.155. The van der Waals surface area contributed by atoms with Crippen molar-refractivity contribution in [2.24, 2.45) is 5.16 Å². The van der Waals surface area contributed by atoms with E-state index >= 15 is 0 Å². The van der Waals surface area contributed by atoms with Gasteiger partial charge < -0.3 is 26.7 Å². The van der Waals surface area contributed by atoms with Crippen molar-refractivity contribution in [3.63, 3.8) is 0 Å². The number of carbonyl (C=O) groups is 3. The molecular weight excluding hydrogens is 516 g/mol. The summed E-state index contributed by atoms with van der Waals surface area (Å²) in [7, 11) is 1.69. The van der Waals surface area contributed by atoms with E-state index in [1.807, 2.05) is 0 Å². The molecule has 2 aliphatic heterocycles. The zero-order valence-electron chi connectivity index (χ0n) is 16.6. The Balaban J connectivity index is 1.52. The molecule has 0 aliphatic carbocycles. The fourth-order valence-electron chi connectivity index (χ4n) is 3.46. The van der Waals surface area contributed by atoms with Gasteiger partial charge >= 0.3 is 5.97 Å². The summed E-state index contributed by atoms with van der Waals surface area (Å²) in [6, 6.07) is -1.57. The second-order valence-corrected chi connectivity index (χ2v) is 10.6. The van der Waals surface area contributed by atoms with Gasteiger partial charge in [-0.2, -0.15) is 0 Å². The fraction of sp³-hybridized carbons (Fsp3) is 0.312. The highest BCUT2D eigenvalue weighted by Crippen LogP contribution is 2.44. The number of carbonyl (C=O) groups excluding carboxylic acids is 2. The average Bonchev–Trinajstić information content (AvgIpc) is 3.37. The molecule has 174 valence electrons. The zero-order chi connectivity index (χ0) is 23.9. The predicted octanol–water partition coefficient (Wildman–Crippen LogP) is 1.03. The molecule has 0 bridgehead atoms. The molecule has 0 spiro atoms. The van der Waals surface area contributed by atoms with E-state index < -0.39 is 35.6 Å². The monoisotopic (exact) mass is 530 g/mol. The molecule has 4 rings (SSSR count). The van der Waals surface area contributed by atoms with Crippen LogP contribution in [-0.2, 0) is 14.4 Å². The van der Waals surface area contributed by atoms with Crippen LogP contribution in [0.15, 0.2) is 20.1 Å². The van der Waals surface area contributed by atoms with Gasteiger partial charge in [0.05, 0.1) is 6.04 Å². The first-order chi connectivity index (χ1) is 15.7. The topological polar surface area (TPSA) is 196 Å². The maximum Gasteiger partial charge on any atom is 0.353 e. The Morgan fingerprint density at radius 2 is 2.12 bits per heavy atom. The van der Waals surface area contributed by atoms with Crippen LogP contribution in [0.1, 0.15) is 18.5 Å². The molecule has 0 aromatic carbocycles. The summed E-state index contributed by atoms with van der Waals surface area (Å²) in [6.45, 7) is 0. The van der Waals surface area contributed by atoms with Crippen molar-refractivity contribution >= 4 is 79.8 Å². The van der Waals surface area contributed by atoms with Crippen LogP contribution in [0.25, 0.3) is 0 Å². The molecule has 17 heteroatoms. The summed E-state index contributed by atoms with van der Waals surface area (Å²) in [5.41, 5.74) is 4.79. The molecule has 2 atom stereocenters. The van der Waals surface area contributed by atoms with E-state index in [4.69, 9.17) is 17.3 Å². The Labute approximate surface area is 202 Å². The van der Waals surface area contributed by atoms with Gasteiger partial charge in [0.1, 0.15) is 21.8 Å². The number of oxime groups is 1. The number of carboxylic acids is 1. The molecule has 2 aliphatic rings. The number of β-lactam (4-membered cyclic amide) rings is 1. The lowest BCUT2D eigenvalue weighted by Crippen LogP contribution is -2.72. The van der Waals surface area contributed by atoms with Crippen LogP contribution in [0.4, 0.5) is 10.3 Å². The summed E-state index contributed by atoms with van der Waals surface area (Å²) in [4.78, 5) is 42.9. The van der Waals surface area contributed by atoms with Gasteiger partial charge in [-0.25, -0.2) is 9.78 Å². The number of hydrogen-bond donors (Lipinski definition) is 5. The number of nitrogens with zero attached hydrogens (tertiary/aromatic N) is 5. The number of aliphatic carboxylic acids is 1. The lowest BCUT2D eigenvalue weighted by Gasteiger charge is -2.49. The van der Waals surface area contributed by atoms with Crippen LogP contribution < -0.4 is 16.4 Å². The summed E-state index contributed by atoms with van der Waals surface area (Å²) in [5.74, 6) is -2.75. The van der Waals surface area contributed by atoms with Crippen molar-refractivity contribution < 1.29 is 24.7 Å². The van der Waals surface area contributed by atoms with Gasteiger partial charge in [0, 0.05) is 12.0 Å². The number of aromatic nitrogens is 3. The molecule has 2 aromatic rings. The number of allylic oxidation sites excluding steroid dienone is 1. The van der Waals surface area contributed by atoms with Crippen molar-refractivity contribution in [2.45, 2.75) is 29.3 Å². The van der Waals surface area contributed by atoms with E-state index in [-0.39, 0.29) is 20.9 Å². The van der Waals surface area contributed by atoms with E-state index in [2.05, 4.69) is 31.0 Å². The van der Waals surface area contributed by atoms with E-state index in [0.717, 1.165) is 28.0 Å². The molecule has 4 heterocycles. The highest BCUT2D eigenvalue weighted by molar-refractivity contribution is 8.04. The molecule has 1 fully saturated rings. The molecular formula is C16H15ClN8O5S3. The van der Waals surface area contributed by atoms with Crippen molar-refractivity contribution in [3.8, 4) is 0 Å². The third-order valence-electron chi connectivity index (χ3n) is 4.85. The minimum atomic E-state index is -1.26. The number of nitrogen functional groups attached to an aromatic ring is 1. The molecule has 13 nitrogen and oxygen atoms in total. The smallest absolute Gasteiger partial charge is 0.353 e. The number of rotatable bonds is 7. The van der Waals surface area contributed by atoms with Gasteiger partial charge in [0.2, 0.25) is 5.13 Å². The standard InChI is InChI=1S/C16H15ClN8O5S3/c1-19-15-22-23-16(33-15)31-5-3-2-4-6(12(27)25(4)9(5)13(28)29)20-11(26)8(24-30)7-10(17)32-14(18)21-7/h4,6,30H,2-3H2,1H3,(H2,18,21)(H,19,22)(H,20,26)(H,28,29)/b24-8-.